The van der Waals surface area contributed by atoms with Gasteiger partial charge in [0.15, 0.2) is 11.5 Å². The molecule has 0 unspecified atom stereocenters. The summed E-state index contributed by atoms with van der Waals surface area (Å²) in [6, 6.07) is 5.34. The lowest BCUT2D eigenvalue weighted by Crippen LogP contribution is -2.25. The molecule has 1 aromatic carbocycles. The van der Waals surface area contributed by atoms with E-state index < -0.39 is 0 Å². The SMILES string of the molecule is COc1ccc(N)cc1OCCC(C)(C)OC. The Labute approximate surface area is 103 Å². The van der Waals surface area contributed by atoms with Crippen LogP contribution in [0.3, 0.4) is 0 Å². The van der Waals surface area contributed by atoms with Crippen molar-refractivity contribution < 1.29 is 14.2 Å². The molecule has 0 spiro atoms. The van der Waals surface area contributed by atoms with Gasteiger partial charge in [0, 0.05) is 25.3 Å². The monoisotopic (exact) mass is 239 g/mol. The fourth-order valence-electron chi connectivity index (χ4n) is 1.31. The molecule has 0 heterocycles. The van der Waals surface area contributed by atoms with Crippen molar-refractivity contribution in [3.05, 3.63) is 18.2 Å². The number of nitrogens with two attached hydrogens (primary N) is 1. The second-order valence-corrected chi connectivity index (χ2v) is 4.47. The smallest absolute Gasteiger partial charge is 0.163 e. The van der Waals surface area contributed by atoms with Gasteiger partial charge in [0.1, 0.15) is 0 Å². The van der Waals surface area contributed by atoms with Gasteiger partial charge in [0.05, 0.1) is 19.3 Å². The van der Waals surface area contributed by atoms with Gasteiger partial charge in [-0.2, -0.15) is 0 Å². The van der Waals surface area contributed by atoms with E-state index in [4.69, 9.17) is 19.9 Å². The van der Waals surface area contributed by atoms with Gasteiger partial charge in [-0.1, -0.05) is 0 Å². The summed E-state index contributed by atoms with van der Waals surface area (Å²) < 4.78 is 16.2. The van der Waals surface area contributed by atoms with Crippen molar-refractivity contribution in [2.45, 2.75) is 25.9 Å². The number of anilines is 1. The number of rotatable bonds is 6. The van der Waals surface area contributed by atoms with Gasteiger partial charge in [-0.05, 0) is 26.0 Å². The van der Waals surface area contributed by atoms with Crippen molar-refractivity contribution in [2.75, 3.05) is 26.6 Å². The molecular formula is C13H21NO3. The minimum atomic E-state index is -0.187. The predicted octanol–water partition coefficient (Wildman–Crippen LogP) is 2.47. The van der Waals surface area contributed by atoms with E-state index in [9.17, 15) is 0 Å². The Kier molecular flexibility index (Phi) is 4.63. The van der Waals surface area contributed by atoms with Crippen LogP contribution >= 0.6 is 0 Å². The van der Waals surface area contributed by atoms with Crippen molar-refractivity contribution in [3.8, 4) is 11.5 Å². The van der Waals surface area contributed by atoms with E-state index in [1.54, 1.807) is 32.4 Å². The molecule has 0 fully saturated rings. The summed E-state index contributed by atoms with van der Waals surface area (Å²) in [7, 11) is 3.30. The summed E-state index contributed by atoms with van der Waals surface area (Å²) in [5, 5.41) is 0. The number of methoxy groups -OCH3 is 2. The average molecular weight is 239 g/mol. The molecule has 17 heavy (non-hydrogen) atoms. The zero-order valence-electron chi connectivity index (χ0n) is 10.9. The van der Waals surface area contributed by atoms with Crippen molar-refractivity contribution in [3.63, 3.8) is 0 Å². The first-order valence-electron chi connectivity index (χ1n) is 5.60. The average Bonchev–Trinajstić information content (AvgIpc) is 2.29. The molecule has 0 atom stereocenters. The van der Waals surface area contributed by atoms with Crippen LogP contribution in [0.25, 0.3) is 0 Å². The first-order valence-corrected chi connectivity index (χ1v) is 5.60. The molecule has 0 aromatic heterocycles. The highest BCUT2D eigenvalue weighted by atomic mass is 16.5. The lowest BCUT2D eigenvalue weighted by molar-refractivity contribution is 0.00526. The maximum Gasteiger partial charge on any atom is 0.163 e. The van der Waals surface area contributed by atoms with Crippen LogP contribution < -0.4 is 15.2 Å². The first kappa shape index (κ1) is 13.6. The Balaban J connectivity index is 2.59. The van der Waals surface area contributed by atoms with E-state index in [0.717, 1.165) is 6.42 Å². The van der Waals surface area contributed by atoms with Crippen LogP contribution in [0.1, 0.15) is 20.3 Å². The Morgan fingerprint density at radius 1 is 1.18 bits per heavy atom. The van der Waals surface area contributed by atoms with Crippen LogP contribution in [-0.4, -0.2) is 26.4 Å². The molecule has 0 amide bonds. The normalized spacial score (nSPS) is 11.3. The summed E-state index contributed by atoms with van der Waals surface area (Å²) in [6.07, 6.45) is 0.793. The highest BCUT2D eigenvalue weighted by molar-refractivity contribution is 5.51. The van der Waals surface area contributed by atoms with Crippen molar-refractivity contribution in [1.29, 1.82) is 0 Å². The predicted molar refractivity (Wildman–Crippen MR) is 68.6 cm³/mol. The molecule has 0 bridgehead atoms. The second-order valence-electron chi connectivity index (χ2n) is 4.47. The van der Waals surface area contributed by atoms with E-state index in [1.807, 2.05) is 13.8 Å². The number of hydrogen-bond donors (Lipinski definition) is 1. The zero-order chi connectivity index (χ0) is 12.9. The third-order valence-electron chi connectivity index (χ3n) is 2.70. The Morgan fingerprint density at radius 3 is 2.47 bits per heavy atom. The van der Waals surface area contributed by atoms with Gasteiger partial charge < -0.3 is 19.9 Å². The molecule has 0 aliphatic rings. The van der Waals surface area contributed by atoms with E-state index in [1.165, 1.54) is 0 Å². The molecule has 1 aromatic rings. The largest absolute Gasteiger partial charge is 0.493 e. The van der Waals surface area contributed by atoms with Crippen molar-refractivity contribution >= 4 is 5.69 Å². The maximum absolute atomic E-state index is 5.71. The van der Waals surface area contributed by atoms with E-state index in [-0.39, 0.29) is 5.60 Å². The highest BCUT2D eigenvalue weighted by Crippen LogP contribution is 2.29. The quantitative estimate of drug-likeness (QED) is 0.775. The summed E-state index contributed by atoms with van der Waals surface area (Å²) in [5.41, 5.74) is 6.18. The van der Waals surface area contributed by atoms with Gasteiger partial charge in [-0.25, -0.2) is 0 Å². The molecular weight excluding hydrogens is 218 g/mol. The molecule has 1 rings (SSSR count). The van der Waals surface area contributed by atoms with Crippen LogP contribution in [0, 0.1) is 0 Å². The minimum Gasteiger partial charge on any atom is -0.493 e. The molecule has 4 heteroatoms. The summed E-state index contributed by atoms with van der Waals surface area (Å²) in [4.78, 5) is 0. The number of hydrogen-bond acceptors (Lipinski definition) is 4. The Bertz CT molecular complexity index is 364. The van der Waals surface area contributed by atoms with Crippen LogP contribution in [0.4, 0.5) is 5.69 Å². The topological polar surface area (TPSA) is 53.7 Å². The van der Waals surface area contributed by atoms with E-state index in [0.29, 0.717) is 23.8 Å². The molecule has 2 N–H and O–H groups in total. The van der Waals surface area contributed by atoms with E-state index in [2.05, 4.69) is 0 Å². The van der Waals surface area contributed by atoms with Crippen LogP contribution in [0.5, 0.6) is 11.5 Å². The second kappa shape index (κ2) is 5.77. The van der Waals surface area contributed by atoms with Gasteiger partial charge >= 0.3 is 0 Å². The van der Waals surface area contributed by atoms with Gasteiger partial charge in [-0.15, -0.1) is 0 Å². The summed E-state index contributed by atoms with van der Waals surface area (Å²) in [6.45, 7) is 4.60. The van der Waals surface area contributed by atoms with E-state index >= 15 is 0 Å². The third kappa shape index (κ3) is 4.15. The zero-order valence-corrected chi connectivity index (χ0v) is 10.9. The third-order valence-corrected chi connectivity index (χ3v) is 2.70. The van der Waals surface area contributed by atoms with Crippen molar-refractivity contribution in [2.24, 2.45) is 0 Å². The van der Waals surface area contributed by atoms with Crippen LogP contribution in [0.15, 0.2) is 18.2 Å². The highest BCUT2D eigenvalue weighted by Gasteiger charge is 2.16. The molecule has 0 saturated carbocycles. The minimum absolute atomic E-state index is 0.187. The van der Waals surface area contributed by atoms with Crippen LogP contribution in [-0.2, 0) is 4.74 Å². The standard InChI is InChI=1S/C13H21NO3/c1-13(2,16-4)7-8-17-12-9-10(14)5-6-11(12)15-3/h5-6,9H,7-8,14H2,1-4H3. The first-order chi connectivity index (χ1) is 7.98. The van der Waals surface area contributed by atoms with Gasteiger partial charge in [0.25, 0.3) is 0 Å². The maximum atomic E-state index is 5.71. The fraction of sp³-hybridized carbons (Fsp3) is 0.538. The van der Waals surface area contributed by atoms with Gasteiger partial charge in [-0.3, -0.25) is 0 Å². The lowest BCUT2D eigenvalue weighted by Gasteiger charge is -2.23. The van der Waals surface area contributed by atoms with Crippen molar-refractivity contribution in [1.82, 2.24) is 0 Å². The molecule has 0 aliphatic heterocycles. The number of ether oxygens (including phenoxy) is 3. The summed E-state index contributed by atoms with van der Waals surface area (Å²) in [5.74, 6) is 1.36. The molecule has 4 nitrogen and oxygen atoms in total. The molecule has 0 radical (unpaired) electrons. The van der Waals surface area contributed by atoms with Crippen LogP contribution in [0.2, 0.25) is 0 Å². The lowest BCUT2D eigenvalue weighted by atomic mass is 10.1. The Morgan fingerprint density at radius 2 is 1.88 bits per heavy atom. The number of benzene rings is 1. The summed E-state index contributed by atoms with van der Waals surface area (Å²) >= 11 is 0. The fourth-order valence-corrected chi connectivity index (χ4v) is 1.31. The van der Waals surface area contributed by atoms with Gasteiger partial charge in [0.2, 0.25) is 0 Å². The number of nitrogen functional groups attached to an aromatic ring is 1. The molecule has 96 valence electrons. The molecule has 0 aliphatic carbocycles. The molecule has 0 saturated heterocycles. The Hall–Kier alpha value is -1.42.